The summed E-state index contributed by atoms with van der Waals surface area (Å²) in [6, 6.07) is 38.0. The van der Waals surface area contributed by atoms with Gasteiger partial charge in [-0.1, -0.05) is 48.5 Å². The van der Waals surface area contributed by atoms with Gasteiger partial charge in [-0.3, -0.25) is 9.97 Å². The van der Waals surface area contributed by atoms with Crippen molar-refractivity contribution < 1.29 is 19.1 Å². The molecule has 0 aliphatic heterocycles. The molecule has 8 heteroatoms. The molecule has 296 valence electrons. The van der Waals surface area contributed by atoms with Crippen LogP contribution in [0, 0.1) is 0 Å². The SMILES string of the molecule is COC(=O)c1ccncc1CC[C@@H]1CCc2cc(N(C)c3ccccc3)ccc21.COC(=O)c1ccncc1CC[C@H]1CCc2cc(N(C)c3ccccc3)ccc21. The van der Waals surface area contributed by atoms with Crippen molar-refractivity contribution in [2.24, 2.45) is 0 Å². The van der Waals surface area contributed by atoms with Crippen LogP contribution in [-0.4, -0.2) is 50.2 Å². The summed E-state index contributed by atoms with van der Waals surface area (Å²) in [5, 5.41) is 0. The molecule has 0 amide bonds. The molecular weight excluding hydrogens is 721 g/mol. The normalized spacial score (nSPS) is 15.0. The summed E-state index contributed by atoms with van der Waals surface area (Å²) < 4.78 is 9.81. The fourth-order valence-electron chi connectivity index (χ4n) is 8.53. The minimum atomic E-state index is -0.289. The highest BCUT2D eigenvalue weighted by Crippen LogP contribution is 2.40. The van der Waals surface area contributed by atoms with Crippen LogP contribution in [-0.2, 0) is 35.2 Å². The molecule has 0 N–H and O–H groups in total. The van der Waals surface area contributed by atoms with E-state index >= 15 is 0 Å². The monoisotopic (exact) mass is 772 g/mol. The predicted molar refractivity (Wildman–Crippen MR) is 232 cm³/mol. The molecule has 0 bridgehead atoms. The van der Waals surface area contributed by atoms with Crippen molar-refractivity contribution >= 4 is 34.7 Å². The maximum absolute atomic E-state index is 12.0. The second-order valence-corrected chi connectivity index (χ2v) is 15.2. The van der Waals surface area contributed by atoms with Crippen molar-refractivity contribution in [3.63, 3.8) is 0 Å². The zero-order valence-corrected chi connectivity index (χ0v) is 33.9. The highest BCUT2D eigenvalue weighted by Gasteiger charge is 2.25. The molecule has 0 saturated heterocycles. The van der Waals surface area contributed by atoms with E-state index < -0.39 is 0 Å². The topological polar surface area (TPSA) is 84.9 Å². The zero-order valence-electron chi connectivity index (χ0n) is 33.9. The van der Waals surface area contributed by atoms with E-state index in [4.69, 9.17) is 9.47 Å². The van der Waals surface area contributed by atoms with Crippen LogP contribution in [0.25, 0.3) is 0 Å². The summed E-state index contributed by atoms with van der Waals surface area (Å²) >= 11 is 0. The van der Waals surface area contributed by atoms with Gasteiger partial charge in [0, 0.05) is 61.6 Å². The van der Waals surface area contributed by atoms with E-state index in [1.54, 1.807) is 36.9 Å². The maximum atomic E-state index is 12.0. The van der Waals surface area contributed by atoms with Crippen LogP contribution in [0.3, 0.4) is 0 Å². The Labute approximate surface area is 342 Å². The molecule has 0 radical (unpaired) electrons. The van der Waals surface area contributed by atoms with Crippen molar-refractivity contribution in [1.82, 2.24) is 9.97 Å². The lowest BCUT2D eigenvalue weighted by Crippen LogP contribution is -2.09. The number of hydrogen-bond acceptors (Lipinski definition) is 8. The molecule has 2 aromatic heterocycles. The molecule has 2 aliphatic rings. The fraction of sp³-hybridized carbons (Fsp3) is 0.280. The van der Waals surface area contributed by atoms with E-state index in [0.29, 0.717) is 23.0 Å². The van der Waals surface area contributed by atoms with Crippen LogP contribution in [0.15, 0.2) is 134 Å². The van der Waals surface area contributed by atoms with Crippen LogP contribution in [0.5, 0.6) is 0 Å². The minimum Gasteiger partial charge on any atom is -0.465 e. The van der Waals surface area contributed by atoms with Gasteiger partial charge >= 0.3 is 11.9 Å². The number of pyridine rings is 2. The Morgan fingerprint density at radius 1 is 0.569 bits per heavy atom. The number of aromatic nitrogens is 2. The first-order valence-corrected chi connectivity index (χ1v) is 20.2. The molecule has 2 heterocycles. The van der Waals surface area contributed by atoms with Gasteiger partial charge in [0.25, 0.3) is 0 Å². The van der Waals surface area contributed by atoms with E-state index in [9.17, 15) is 9.59 Å². The quantitative estimate of drug-likeness (QED) is 0.114. The summed E-state index contributed by atoms with van der Waals surface area (Å²) in [5.41, 5.74) is 13.8. The van der Waals surface area contributed by atoms with Crippen LogP contribution in [0.1, 0.15) is 91.6 Å². The van der Waals surface area contributed by atoms with Gasteiger partial charge in [-0.2, -0.15) is 0 Å². The Morgan fingerprint density at radius 2 is 0.983 bits per heavy atom. The molecule has 0 fully saturated rings. The number of fused-ring (bicyclic) bond motifs is 2. The maximum Gasteiger partial charge on any atom is 0.338 e. The van der Waals surface area contributed by atoms with Crippen molar-refractivity contribution in [2.75, 3.05) is 38.1 Å². The second kappa shape index (κ2) is 18.8. The first kappa shape index (κ1) is 39.9. The summed E-state index contributed by atoms with van der Waals surface area (Å²) in [7, 11) is 7.06. The smallest absolute Gasteiger partial charge is 0.338 e. The van der Waals surface area contributed by atoms with Crippen molar-refractivity contribution in [2.45, 2.75) is 63.2 Å². The molecule has 0 saturated carbocycles. The van der Waals surface area contributed by atoms with Crippen molar-refractivity contribution in [1.29, 1.82) is 0 Å². The van der Waals surface area contributed by atoms with Crippen LogP contribution >= 0.6 is 0 Å². The number of methoxy groups -OCH3 is 2. The summed E-state index contributed by atoms with van der Waals surface area (Å²) in [6.45, 7) is 0. The molecule has 2 aliphatic carbocycles. The standard InChI is InChI=1S/2C25H26N2O2/c2*1-27(21-6-4-3-5-7-21)22-12-13-23-18(8-10-19(23)16-22)9-11-20-17-26-15-14-24(20)25(28)29-2/h2*3-7,12-18H,8-11H2,1-2H3/t2*18-/m10/s1. The van der Waals surface area contributed by atoms with Gasteiger partial charge in [0.2, 0.25) is 0 Å². The third kappa shape index (κ3) is 9.13. The molecule has 0 unspecified atom stereocenters. The first-order chi connectivity index (χ1) is 28.3. The zero-order chi connectivity index (χ0) is 40.4. The van der Waals surface area contributed by atoms with E-state index in [1.165, 1.54) is 59.2 Å². The van der Waals surface area contributed by atoms with Gasteiger partial charge in [0.15, 0.2) is 0 Å². The lowest BCUT2D eigenvalue weighted by Gasteiger charge is -2.21. The number of carbonyl (C=O) groups is 2. The van der Waals surface area contributed by atoms with Gasteiger partial charge in [-0.05, 0) is 157 Å². The molecule has 8 nitrogen and oxygen atoms in total. The van der Waals surface area contributed by atoms with Gasteiger partial charge < -0.3 is 19.3 Å². The average Bonchev–Trinajstić information content (AvgIpc) is 3.90. The Hall–Kier alpha value is -6.28. The van der Waals surface area contributed by atoms with Gasteiger partial charge in [0.1, 0.15) is 0 Å². The van der Waals surface area contributed by atoms with Crippen LogP contribution < -0.4 is 9.80 Å². The number of para-hydroxylation sites is 2. The number of nitrogens with zero attached hydrogens (tertiary/aromatic N) is 4. The molecule has 4 aromatic carbocycles. The van der Waals surface area contributed by atoms with Crippen molar-refractivity contribution in [3.05, 3.63) is 178 Å². The molecule has 58 heavy (non-hydrogen) atoms. The van der Waals surface area contributed by atoms with Gasteiger partial charge in [0.05, 0.1) is 25.3 Å². The highest BCUT2D eigenvalue weighted by atomic mass is 16.5. The fourth-order valence-corrected chi connectivity index (χ4v) is 8.53. The Kier molecular flexibility index (Phi) is 12.9. The van der Waals surface area contributed by atoms with E-state index in [1.807, 2.05) is 12.1 Å². The number of aryl methyl sites for hydroxylation is 4. The Bertz CT molecular complexity index is 2170. The largest absolute Gasteiger partial charge is 0.465 e. The van der Waals surface area contributed by atoms with E-state index in [2.05, 4.69) is 119 Å². The number of benzene rings is 4. The first-order valence-electron chi connectivity index (χ1n) is 20.2. The van der Waals surface area contributed by atoms with Gasteiger partial charge in [-0.15, -0.1) is 0 Å². The highest BCUT2D eigenvalue weighted by molar-refractivity contribution is 5.91. The Balaban J connectivity index is 0.000000177. The number of ether oxygens (including phenoxy) is 2. The molecule has 6 aromatic rings. The van der Waals surface area contributed by atoms with Crippen molar-refractivity contribution in [3.8, 4) is 0 Å². The lowest BCUT2D eigenvalue weighted by atomic mass is 9.93. The lowest BCUT2D eigenvalue weighted by molar-refractivity contribution is 0.0590. The third-order valence-electron chi connectivity index (χ3n) is 11.9. The number of carbonyl (C=O) groups excluding carboxylic acids is 2. The number of anilines is 4. The molecule has 8 rings (SSSR count). The predicted octanol–water partition coefficient (Wildman–Crippen LogP) is 10.6. The third-order valence-corrected chi connectivity index (χ3v) is 11.9. The number of esters is 2. The van der Waals surface area contributed by atoms with E-state index in [0.717, 1.165) is 62.5 Å². The van der Waals surface area contributed by atoms with Crippen LogP contribution in [0.4, 0.5) is 22.7 Å². The summed E-state index contributed by atoms with van der Waals surface area (Å²) in [4.78, 5) is 36.8. The average molecular weight is 773 g/mol. The summed E-state index contributed by atoms with van der Waals surface area (Å²) in [5.74, 6) is 0.462. The summed E-state index contributed by atoms with van der Waals surface area (Å²) in [6.07, 6.45) is 15.1. The molecule has 0 spiro atoms. The Morgan fingerprint density at radius 3 is 1.38 bits per heavy atom. The number of hydrogen-bond donors (Lipinski definition) is 0. The van der Waals surface area contributed by atoms with Crippen LogP contribution in [0.2, 0.25) is 0 Å². The second-order valence-electron chi connectivity index (χ2n) is 15.2. The van der Waals surface area contributed by atoms with E-state index in [-0.39, 0.29) is 11.9 Å². The van der Waals surface area contributed by atoms with Gasteiger partial charge in [-0.25, -0.2) is 9.59 Å². The number of rotatable bonds is 12. The minimum absolute atomic E-state index is 0.289. The molecular formula is C50H52N4O4. The molecule has 2 atom stereocenters.